The molecule has 1 unspecified atom stereocenters. The number of carbonyl (C=O) groups excluding carboxylic acids is 1. The lowest BCUT2D eigenvalue weighted by atomic mass is 10.2. The Kier molecular flexibility index (Phi) is 7.78. The van der Waals surface area contributed by atoms with Gasteiger partial charge >= 0.3 is 0 Å². The standard InChI is InChI=1S/C15H21Cl2NO2/c1-3-5-11(2)18-15(19)6-4-9-20-14-8-7-12(16)10-13(14)17/h7-8,10-11H,3-6,9H2,1-2H3,(H,18,19). The van der Waals surface area contributed by atoms with E-state index in [4.69, 9.17) is 27.9 Å². The lowest BCUT2D eigenvalue weighted by Crippen LogP contribution is -2.32. The van der Waals surface area contributed by atoms with E-state index in [9.17, 15) is 4.79 Å². The second-order valence-electron chi connectivity index (χ2n) is 4.78. The summed E-state index contributed by atoms with van der Waals surface area (Å²) in [6.07, 6.45) is 3.19. The van der Waals surface area contributed by atoms with E-state index in [0.29, 0.717) is 35.2 Å². The van der Waals surface area contributed by atoms with Crippen LogP contribution in [0.2, 0.25) is 10.0 Å². The van der Waals surface area contributed by atoms with Crippen LogP contribution in [-0.2, 0) is 4.79 Å². The Labute approximate surface area is 130 Å². The maximum atomic E-state index is 11.6. The van der Waals surface area contributed by atoms with Crippen molar-refractivity contribution in [2.45, 2.75) is 45.6 Å². The monoisotopic (exact) mass is 317 g/mol. The van der Waals surface area contributed by atoms with Crippen molar-refractivity contribution in [3.8, 4) is 5.75 Å². The van der Waals surface area contributed by atoms with Crippen LogP contribution in [0.25, 0.3) is 0 Å². The molecule has 0 saturated carbocycles. The maximum Gasteiger partial charge on any atom is 0.220 e. The van der Waals surface area contributed by atoms with Crippen molar-refractivity contribution >= 4 is 29.1 Å². The van der Waals surface area contributed by atoms with Crippen LogP contribution in [0.15, 0.2) is 18.2 Å². The lowest BCUT2D eigenvalue weighted by molar-refractivity contribution is -0.121. The second kappa shape index (κ2) is 9.09. The van der Waals surface area contributed by atoms with E-state index in [0.717, 1.165) is 12.8 Å². The van der Waals surface area contributed by atoms with Gasteiger partial charge in [0.1, 0.15) is 5.75 Å². The molecule has 0 spiro atoms. The number of hydrogen-bond donors (Lipinski definition) is 1. The number of ether oxygens (including phenoxy) is 1. The lowest BCUT2D eigenvalue weighted by Gasteiger charge is -2.13. The molecule has 3 nitrogen and oxygen atoms in total. The molecule has 1 amide bonds. The zero-order valence-electron chi connectivity index (χ0n) is 11.9. The molecule has 1 rings (SSSR count). The van der Waals surface area contributed by atoms with E-state index in [1.54, 1.807) is 18.2 Å². The third-order valence-corrected chi connectivity index (χ3v) is 3.36. The van der Waals surface area contributed by atoms with Crippen LogP contribution in [-0.4, -0.2) is 18.6 Å². The van der Waals surface area contributed by atoms with Crippen molar-refractivity contribution < 1.29 is 9.53 Å². The highest BCUT2D eigenvalue weighted by molar-refractivity contribution is 6.35. The molecule has 1 atom stereocenters. The van der Waals surface area contributed by atoms with Crippen molar-refractivity contribution in [1.82, 2.24) is 5.32 Å². The Morgan fingerprint density at radius 2 is 2.15 bits per heavy atom. The molecule has 1 aromatic carbocycles. The number of hydrogen-bond acceptors (Lipinski definition) is 2. The summed E-state index contributed by atoms with van der Waals surface area (Å²) >= 11 is 11.8. The summed E-state index contributed by atoms with van der Waals surface area (Å²) < 4.78 is 5.52. The number of halogens is 2. The Bertz CT molecular complexity index is 438. The fraction of sp³-hybridized carbons (Fsp3) is 0.533. The summed E-state index contributed by atoms with van der Waals surface area (Å²) in [7, 11) is 0. The first-order valence-electron chi connectivity index (χ1n) is 6.90. The summed E-state index contributed by atoms with van der Waals surface area (Å²) in [6, 6.07) is 5.33. The van der Waals surface area contributed by atoms with Gasteiger partial charge in [0.15, 0.2) is 0 Å². The highest BCUT2D eigenvalue weighted by Gasteiger charge is 2.07. The predicted molar refractivity (Wildman–Crippen MR) is 83.7 cm³/mol. The molecule has 0 fully saturated rings. The van der Waals surface area contributed by atoms with Gasteiger partial charge in [-0.15, -0.1) is 0 Å². The second-order valence-corrected chi connectivity index (χ2v) is 5.63. The van der Waals surface area contributed by atoms with Gasteiger partial charge in [-0.1, -0.05) is 36.5 Å². The first kappa shape index (κ1) is 17.1. The van der Waals surface area contributed by atoms with Gasteiger partial charge in [0.05, 0.1) is 11.6 Å². The van der Waals surface area contributed by atoms with E-state index in [2.05, 4.69) is 12.2 Å². The number of nitrogens with one attached hydrogen (secondary N) is 1. The minimum Gasteiger partial charge on any atom is -0.492 e. The van der Waals surface area contributed by atoms with Gasteiger partial charge < -0.3 is 10.1 Å². The normalized spacial score (nSPS) is 12.0. The van der Waals surface area contributed by atoms with E-state index >= 15 is 0 Å². The zero-order chi connectivity index (χ0) is 15.0. The molecule has 0 aliphatic heterocycles. The quantitative estimate of drug-likeness (QED) is 0.719. The summed E-state index contributed by atoms with van der Waals surface area (Å²) in [6.45, 7) is 4.58. The average Bonchev–Trinajstić information content (AvgIpc) is 2.36. The largest absolute Gasteiger partial charge is 0.492 e. The fourth-order valence-electron chi connectivity index (χ4n) is 1.86. The Hall–Kier alpha value is -0.930. The van der Waals surface area contributed by atoms with Crippen molar-refractivity contribution in [1.29, 1.82) is 0 Å². The van der Waals surface area contributed by atoms with Gasteiger partial charge in [-0.05, 0) is 38.0 Å². The molecule has 0 bridgehead atoms. The van der Waals surface area contributed by atoms with Gasteiger partial charge in [0, 0.05) is 17.5 Å². The van der Waals surface area contributed by atoms with Crippen LogP contribution in [0.5, 0.6) is 5.75 Å². The molecule has 112 valence electrons. The van der Waals surface area contributed by atoms with Gasteiger partial charge in [-0.25, -0.2) is 0 Å². The van der Waals surface area contributed by atoms with Crippen LogP contribution in [0.1, 0.15) is 39.5 Å². The molecule has 0 saturated heterocycles. The molecule has 0 aliphatic rings. The number of rotatable bonds is 8. The minimum atomic E-state index is 0.0664. The minimum absolute atomic E-state index is 0.0664. The Balaban J connectivity index is 2.23. The highest BCUT2D eigenvalue weighted by Crippen LogP contribution is 2.27. The van der Waals surface area contributed by atoms with Crippen LogP contribution >= 0.6 is 23.2 Å². The Morgan fingerprint density at radius 3 is 2.80 bits per heavy atom. The predicted octanol–water partition coefficient (Wildman–Crippen LogP) is 4.46. The smallest absolute Gasteiger partial charge is 0.220 e. The summed E-state index contributed by atoms with van der Waals surface area (Å²) in [5.41, 5.74) is 0. The summed E-state index contributed by atoms with van der Waals surface area (Å²) in [4.78, 5) is 11.6. The van der Waals surface area contributed by atoms with Crippen molar-refractivity contribution in [2.24, 2.45) is 0 Å². The molecule has 0 radical (unpaired) electrons. The molecular weight excluding hydrogens is 297 g/mol. The first-order valence-corrected chi connectivity index (χ1v) is 7.65. The molecular formula is C15H21Cl2NO2. The van der Waals surface area contributed by atoms with Crippen LogP contribution < -0.4 is 10.1 Å². The van der Waals surface area contributed by atoms with Crippen molar-refractivity contribution in [3.63, 3.8) is 0 Å². The van der Waals surface area contributed by atoms with E-state index in [1.807, 2.05) is 6.92 Å². The van der Waals surface area contributed by atoms with Crippen LogP contribution in [0.3, 0.4) is 0 Å². The first-order chi connectivity index (χ1) is 9.52. The SMILES string of the molecule is CCCC(C)NC(=O)CCCOc1ccc(Cl)cc1Cl. The third kappa shape index (κ3) is 6.49. The molecule has 1 aromatic rings. The topological polar surface area (TPSA) is 38.3 Å². The van der Waals surface area contributed by atoms with Gasteiger partial charge in [-0.2, -0.15) is 0 Å². The van der Waals surface area contributed by atoms with Crippen LogP contribution in [0, 0.1) is 0 Å². The zero-order valence-corrected chi connectivity index (χ0v) is 13.4. The number of amides is 1. The summed E-state index contributed by atoms with van der Waals surface area (Å²) in [5, 5.41) is 4.02. The fourth-order valence-corrected chi connectivity index (χ4v) is 2.32. The molecule has 5 heteroatoms. The van der Waals surface area contributed by atoms with Gasteiger partial charge in [0.25, 0.3) is 0 Å². The average molecular weight is 318 g/mol. The number of benzene rings is 1. The molecule has 0 aromatic heterocycles. The van der Waals surface area contributed by atoms with Gasteiger partial charge in [0.2, 0.25) is 5.91 Å². The van der Waals surface area contributed by atoms with Crippen molar-refractivity contribution in [2.75, 3.05) is 6.61 Å². The molecule has 0 aliphatic carbocycles. The van der Waals surface area contributed by atoms with E-state index < -0.39 is 0 Å². The maximum absolute atomic E-state index is 11.6. The third-order valence-electron chi connectivity index (χ3n) is 2.83. The van der Waals surface area contributed by atoms with Crippen LogP contribution in [0.4, 0.5) is 0 Å². The molecule has 20 heavy (non-hydrogen) atoms. The van der Waals surface area contributed by atoms with E-state index in [-0.39, 0.29) is 11.9 Å². The molecule has 0 heterocycles. The van der Waals surface area contributed by atoms with E-state index in [1.165, 1.54) is 0 Å². The summed E-state index contributed by atoms with van der Waals surface area (Å²) in [5.74, 6) is 0.660. The number of carbonyl (C=O) groups is 1. The Morgan fingerprint density at radius 1 is 1.40 bits per heavy atom. The van der Waals surface area contributed by atoms with Crippen molar-refractivity contribution in [3.05, 3.63) is 28.2 Å². The highest BCUT2D eigenvalue weighted by atomic mass is 35.5. The van der Waals surface area contributed by atoms with Gasteiger partial charge in [-0.3, -0.25) is 4.79 Å². The molecule has 1 N–H and O–H groups in total.